The molecule has 6 rings (SSSR count). The molecule has 0 unspecified atom stereocenters. The fourth-order valence-corrected chi connectivity index (χ4v) is 7.08. The van der Waals surface area contributed by atoms with Crippen LogP contribution in [0.25, 0.3) is 32.8 Å². The van der Waals surface area contributed by atoms with Crippen LogP contribution < -0.4 is 14.4 Å². The Labute approximate surface area is 270 Å². The van der Waals surface area contributed by atoms with Crippen LogP contribution in [0.3, 0.4) is 0 Å². The lowest BCUT2D eigenvalue weighted by atomic mass is 10.0. The Morgan fingerprint density at radius 3 is 2.43 bits per heavy atom. The number of hydrogen-bond donors (Lipinski definition) is 1. The number of allylic oxidation sites excluding steroid dienone is 1. The summed E-state index contributed by atoms with van der Waals surface area (Å²) in [5, 5.41) is 2.23. The Balaban J connectivity index is 1.31. The van der Waals surface area contributed by atoms with Crippen molar-refractivity contribution in [2.24, 2.45) is 0 Å². The van der Waals surface area contributed by atoms with Gasteiger partial charge in [-0.3, -0.25) is 14.3 Å². The third-order valence-electron chi connectivity index (χ3n) is 7.69. The number of aromatic nitrogens is 3. The van der Waals surface area contributed by atoms with Crippen LogP contribution in [0, 0.1) is 0 Å². The van der Waals surface area contributed by atoms with E-state index in [1.807, 2.05) is 18.2 Å². The molecular formula is C33H29ClN6O5S. The number of nitrogens with zero attached hydrogens (tertiary/aromatic N) is 5. The van der Waals surface area contributed by atoms with Crippen LogP contribution in [0.4, 0.5) is 11.5 Å². The first kappa shape index (κ1) is 30.9. The van der Waals surface area contributed by atoms with Crippen LogP contribution in [-0.2, 0) is 19.6 Å². The highest BCUT2D eigenvalue weighted by atomic mass is 35.5. The lowest BCUT2D eigenvalue weighted by Crippen LogP contribution is -2.48. The molecule has 0 spiro atoms. The van der Waals surface area contributed by atoms with Crippen LogP contribution in [0.5, 0.6) is 5.88 Å². The van der Waals surface area contributed by atoms with Crippen LogP contribution in [-0.4, -0.2) is 73.2 Å². The molecule has 1 saturated heterocycles. The molecule has 11 nitrogen and oxygen atoms in total. The van der Waals surface area contributed by atoms with Gasteiger partial charge in [0.1, 0.15) is 17.8 Å². The molecule has 3 aromatic carbocycles. The predicted molar refractivity (Wildman–Crippen MR) is 178 cm³/mol. The molecule has 0 atom stereocenters. The SMILES string of the molecule is COc1ncc(-c2ccc3ncnc(N4CCN(C(=O)/C=C/C(C)=O)CC4)c3c2)cc1NS(=O)(=O)c1cccc2cccc(Cl)c12. The number of anilines is 2. The molecule has 1 aliphatic rings. The third kappa shape index (κ3) is 6.22. The van der Waals surface area contributed by atoms with Crippen LogP contribution in [0.2, 0.25) is 5.02 Å². The molecule has 0 aliphatic carbocycles. The van der Waals surface area contributed by atoms with Crippen molar-refractivity contribution < 1.29 is 22.7 Å². The summed E-state index contributed by atoms with van der Waals surface area (Å²) in [5.74, 6) is 0.440. The van der Waals surface area contributed by atoms with Gasteiger partial charge in [0.05, 0.1) is 17.5 Å². The van der Waals surface area contributed by atoms with E-state index in [1.54, 1.807) is 47.5 Å². The second-order valence-corrected chi connectivity index (χ2v) is 12.7. The summed E-state index contributed by atoms with van der Waals surface area (Å²) in [7, 11) is -2.68. The van der Waals surface area contributed by atoms with Gasteiger partial charge in [-0.15, -0.1) is 0 Å². The number of sulfonamides is 1. The maximum Gasteiger partial charge on any atom is 0.262 e. The normalized spacial score (nSPS) is 13.8. The molecule has 46 heavy (non-hydrogen) atoms. The highest BCUT2D eigenvalue weighted by Gasteiger charge is 2.24. The number of nitrogens with one attached hydrogen (secondary N) is 1. The number of hydrogen-bond acceptors (Lipinski definition) is 9. The van der Waals surface area contributed by atoms with Crippen molar-refractivity contribution in [1.29, 1.82) is 0 Å². The monoisotopic (exact) mass is 656 g/mol. The van der Waals surface area contributed by atoms with E-state index in [-0.39, 0.29) is 28.2 Å². The predicted octanol–water partition coefficient (Wildman–Crippen LogP) is 5.10. The number of ketones is 1. The highest BCUT2D eigenvalue weighted by molar-refractivity contribution is 7.93. The average molecular weight is 657 g/mol. The maximum atomic E-state index is 13.7. The van der Waals surface area contributed by atoms with Crippen LogP contribution in [0.15, 0.2) is 90.2 Å². The van der Waals surface area contributed by atoms with E-state index in [0.29, 0.717) is 53.4 Å². The summed E-state index contributed by atoms with van der Waals surface area (Å²) in [6, 6.07) is 17.5. The molecule has 1 N–H and O–H groups in total. The number of pyridine rings is 1. The smallest absolute Gasteiger partial charge is 0.262 e. The summed E-state index contributed by atoms with van der Waals surface area (Å²) in [6.45, 7) is 3.44. The first-order valence-electron chi connectivity index (χ1n) is 14.4. The number of amides is 1. The molecule has 0 bridgehead atoms. The third-order valence-corrected chi connectivity index (χ3v) is 9.42. The van der Waals surface area contributed by atoms with Crippen molar-refractivity contribution in [1.82, 2.24) is 19.9 Å². The van der Waals surface area contributed by atoms with E-state index < -0.39 is 10.0 Å². The second kappa shape index (κ2) is 12.7. The van der Waals surface area contributed by atoms with Gasteiger partial charge in [-0.1, -0.05) is 41.9 Å². The summed E-state index contributed by atoms with van der Waals surface area (Å²) < 4.78 is 35.4. The van der Waals surface area contributed by atoms with Gasteiger partial charge in [-0.05, 0) is 54.3 Å². The Morgan fingerprint density at radius 2 is 1.70 bits per heavy atom. The van der Waals surface area contributed by atoms with Crippen LogP contribution >= 0.6 is 11.6 Å². The molecule has 234 valence electrons. The molecule has 1 fully saturated rings. The van der Waals surface area contributed by atoms with Crippen molar-refractivity contribution >= 4 is 66.5 Å². The number of carbonyl (C=O) groups is 2. The molecule has 3 heterocycles. The zero-order chi connectivity index (χ0) is 32.4. The number of piperazine rings is 1. The van der Waals surface area contributed by atoms with E-state index in [2.05, 4.69) is 24.6 Å². The standard InChI is InChI=1S/C33H29ClN6O5S/c1-21(41)9-12-30(42)39-13-15-40(16-14-39)32-25-17-23(10-11-27(25)36-20-37-32)24-18-28(33(45-2)35-19-24)38-46(43,44)29-8-4-6-22-5-3-7-26(34)31(22)29/h3-12,17-20,38H,13-16H2,1-2H3/b12-9+. The van der Waals surface area contributed by atoms with Crippen molar-refractivity contribution in [3.05, 3.63) is 90.4 Å². The zero-order valence-corrected chi connectivity index (χ0v) is 26.5. The van der Waals surface area contributed by atoms with Gasteiger partial charge in [0, 0.05) is 59.8 Å². The van der Waals surface area contributed by atoms with Crippen molar-refractivity contribution in [2.45, 2.75) is 11.8 Å². The van der Waals surface area contributed by atoms with E-state index >= 15 is 0 Å². The molecular weight excluding hydrogens is 628 g/mol. The quantitative estimate of drug-likeness (QED) is 0.226. The fourth-order valence-electron chi connectivity index (χ4n) is 5.44. The molecule has 0 saturated carbocycles. The van der Waals surface area contributed by atoms with Gasteiger partial charge < -0.3 is 14.5 Å². The van der Waals surface area contributed by atoms with E-state index in [0.717, 1.165) is 16.5 Å². The lowest BCUT2D eigenvalue weighted by molar-refractivity contribution is -0.126. The first-order chi connectivity index (χ1) is 22.1. The minimum Gasteiger partial charge on any atom is -0.480 e. The first-order valence-corrected chi connectivity index (χ1v) is 16.2. The largest absolute Gasteiger partial charge is 0.480 e. The molecule has 1 aliphatic heterocycles. The van der Waals surface area contributed by atoms with Crippen molar-refractivity contribution in [2.75, 3.05) is 42.9 Å². The van der Waals surface area contributed by atoms with Gasteiger partial charge in [0.25, 0.3) is 10.0 Å². The lowest BCUT2D eigenvalue weighted by Gasteiger charge is -2.35. The number of fused-ring (bicyclic) bond motifs is 2. The summed E-state index contributed by atoms with van der Waals surface area (Å²) in [4.78, 5) is 40.9. The summed E-state index contributed by atoms with van der Waals surface area (Å²) >= 11 is 6.42. The zero-order valence-electron chi connectivity index (χ0n) is 25.0. The number of rotatable bonds is 8. The van der Waals surface area contributed by atoms with E-state index in [4.69, 9.17) is 16.3 Å². The highest BCUT2D eigenvalue weighted by Crippen LogP contribution is 2.35. The summed E-state index contributed by atoms with van der Waals surface area (Å²) in [5.41, 5.74) is 2.29. The fraction of sp³-hybridized carbons (Fsp3) is 0.182. The minimum atomic E-state index is -4.10. The van der Waals surface area contributed by atoms with Gasteiger partial charge in [0.2, 0.25) is 11.8 Å². The summed E-state index contributed by atoms with van der Waals surface area (Å²) in [6.07, 6.45) is 5.69. The molecule has 13 heteroatoms. The van der Waals surface area contributed by atoms with Gasteiger partial charge in [0.15, 0.2) is 5.78 Å². The maximum absolute atomic E-state index is 13.7. The number of methoxy groups -OCH3 is 1. The van der Waals surface area contributed by atoms with E-state index in [9.17, 15) is 18.0 Å². The molecule has 5 aromatic rings. The molecule has 1 amide bonds. The van der Waals surface area contributed by atoms with Gasteiger partial charge >= 0.3 is 0 Å². The molecule has 0 radical (unpaired) electrons. The van der Waals surface area contributed by atoms with E-state index in [1.165, 1.54) is 38.6 Å². The number of benzene rings is 3. The van der Waals surface area contributed by atoms with Crippen LogP contribution in [0.1, 0.15) is 6.92 Å². The average Bonchev–Trinajstić information content (AvgIpc) is 3.06. The number of carbonyl (C=O) groups excluding carboxylic acids is 2. The van der Waals surface area contributed by atoms with Crippen molar-refractivity contribution in [3.63, 3.8) is 0 Å². The minimum absolute atomic E-state index is 0.0345. The Morgan fingerprint density at radius 1 is 0.935 bits per heavy atom. The van der Waals surface area contributed by atoms with Crippen molar-refractivity contribution in [3.8, 4) is 17.0 Å². The Hall–Kier alpha value is -5.07. The Bertz CT molecular complexity index is 2130. The van der Waals surface area contributed by atoms with Gasteiger partial charge in [-0.2, -0.15) is 0 Å². The molecule has 2 aromatic heterocycles. The Kier molecular flexibility index (Phi) is 8.57. The van der Waals surface area contributed by atoms with Gasteiger partial charge in [-0.25, -0.2) is 23.4 Å². The number of halogens is 1. The number of ether oxygens (including phenoxy) is 1. The topological polar surface area (TPSA) is 135 Å². The second-order valence-electron chi connectivity index (χ2n) is 10.7.